The maximum absolute atomic E-state index is 11.1. The van der Waals surface area contributed by atoms with Crippen molar-refractivity contribution in [2.45, 2.75) is 13.1 Å². The lowest BCUT2D eigenvalue weighted by atomic mass is 10.3. The fraction of sp³-hybridized carbons (Fsp3) is 0.154. The van der Waals surface area contributed by atoms with Gasteiger partial charge in [-0.3, -0.25) is 9.48 Å². The largest absolute Gasteiger partial charge is 0.480 e. The van der Waals surface area contributed by atoms with Crippen LogP contribution in [-0.2, 0) is 17.9 Å². The number of carboxylic acid groups (broad SMARTS) is 1. The minimum atomic E-state index is -0.956. The smallest absolute Gasteiger partial charge is 0.323 e. The molecule has 108 valence electrons. The molecule has 6 nitrogen and oxygen atoms in total. The number of halogens is 2. The van der Waals surface area contributed by atoms with Crippen molar-refractivity contribution in [3.8, 4) is 0 Å². The SMILES string of the molecule is O=C(O)Cn1c(Cn2cccn2)nc2cc(Cl)c(Cl)cc21. The molecular formula is C13H10Cl2N4O2. The summed E-state index contributed by atoms with van der Waals surface area (Å²) in [5.74, 6) is -0.378. The van der Waals surface area contributed by atoms with Crippen LogP contribution in [0.15, 0.2) is 30.6 Å². The molecule has 0 spiro atoms. The van der Waals surface area contributed by atoms with Crippen molar-refractivity contribution < 1.29 is 9.90 Å². The summed E-state index contributed by atoms with van der Waals surface area (Å²) in [6, 6.07) is 5.05. The van der Waals surface area contributed by atoms with E-state index in [0.717, 1.165) is 0 Å². The molecule has 0 aliphatic carbocycles. The van der Waals surface area contributed by atoms with E-state index in [1.807, 2.05) is 0 Å². The van der Waals surface area contributed by atoms with E-state index in [1.54, 1.807) is 39.8 Å². The summed E-state index contributed by atoms with van der Waals surface area (Å²) in [7, 11) is 0. The maximum Gasteiger partial charge on any atom is 0.323 e. The molecule has 1 aromatic carbocycles. The molecule has 3 aromatic rings. The maximum atomic E-state index is 11.1. The van der Waals surface area contributed by atoms with Gasteiger partial charge >= 0.3 is 5.97 Å². The molecule has 3 rings (SSSR count). The fourth-order valence-electron chi connectivity index (χ4n) is 2.14. The second-order valence-electron chi connectivity index (χ2n) is 4.47. The normalized spacial score (nSPS) is 11.1. The van der Waals surface area contributed by atoms with Crippen molar-refractivity contribution >= 4 is 40.2 Å². The molecule has 2 heterocycles. The minimum absolute atomic E-state index is 0.203. The molecule has 0 amide bonds. The van der Waals surface area contributed by atoms with E-state index in [2.05, 4.69) is 10.1 Å². The van der Waals surface area contributed by atoms with Crippen LogP contribution in [-0.4, -0.2) is 30.4 Å². The van der Waals surface area contributed by atoms with Gasteiger partial charge in [0.2, 0.25) is 0 Å². The first kappa shape index (κ1) is 13.9. The van der Waals surface area contributed by atoms with E-state index in [4.69, 9.17) is 28.3 Å². The monoisotopic (exact) mass is 324 g/mol. The van der Waals surface area contributed by atoms with Gasteiger partial charge in [0.05, 0.1) is 27.6 Å². The summed E-state index contributed by atoms with van der Waals surface area (Å²) in [5.41, 5.74) is 1.24. The summed E-state index contributed by atoms with van der Waals surface area (Å²) < 4.78 is 3.27. The van der Waals surface area contributed by atoms with Gasteiger partial charge in [-0.1, -0.05) is 23.2 Å². The topological polar surface area (TPSA) is 72.9 Å². The zero-order valence-corrected chi connectivity index (χ0v) is 12.2. The summed E-state index contributed by atoms with van der Waals surface area (Å²) in [5, 5.41) is 13.9. The molecule has 21 heavy (non-hydrogen) atoms. The second kappa shape index (κ2) is 5.38. The van der Waals surface area contributed by atoms with Crippen molar-refractivity contribution in [1.82, 2.24) is 19.3 Å². The van der Waals surface area contributed by atoms with Crippen LogP contribution in [0.4, 0.5) is 0 Å². The second-order valence-corrected chi connectivity index (χ2v) is 5.28. The van der Waals surface area contributed by atoms with Crippen molar-refractivity contribution in [2.24, 2.45) is 0 Å². The minimum Gasteiger partial charge on any atom is -0.480 e. The van der Waals surface area contributed by atoms with Crippen LogP contribution in [0.1, 0.15) is 5.82 Å². The molecule has 8 heteroatoms. The van der Waals surface area contributed by atoms with E-state index in [9.17, 15) is 4.79 Å². The van der Waals surface area contributed by atoms with Crippen LogP contribution in [0.2, 0.25) is 10.0 Å². The highest BCUT2D eigenvalue weighted by Gasteiger charge is 2.15. The molecule has 0 unspecified atom stereocenters. The third-order valence-electron chi connectivity index (χ3n) is 3.03. The highest BCUT2D eigenvalue weighted by atomic mass is 35.5. The lowest BCUT2D eigenvalue weighted by Gasteiger charge is -2.06. The molecule has 2 aromatic heterocycles. The number of fused-ring (bicyclic) bond motifs is 1. The van der Waals surface area contributed by atoms with Gasteiger partial charge in [-0.2, -0.15) is 5.10 Å². The van der Waals surface area contributed by atoms with Gasteiger partial charge in [0.15, 0.2) is 0 Å². The van der Waals surface area contributed by atoms with E-state index in [1.165, 1.54) is 0 Å². The number of hydrogen-bond donors (Lipinski definition) is 1. The van der Waals surface area contributed by atoms with E-state index in [0.29, 0.717) is 33.4 Å². The number of carbonyl (C=O) groups is 1. The van der Waals surface area contributed by atoms with Crippen LogP contribution in [0.3, 0.4) is 0 Å². The number of imidazole rings is 1. The number of carboxylic acids is 1. The van der Waals surface area contributed by atoms with Crippen molar-refractivity contribution in [2.75, 3.05) is 0 Å². The summed E-state index contributed by atoms with van der Waals surface area (Å²) in [4.78, 5) is 15.5. The molecule has 0 bridgehead atoms. The van der Waals surface area contributed by atoms with Crippen molar-refractivity contribution in [3.63, 3.8) is 0 Å². The number of aromatic nitrogens is 4. The average molecular weight is 325 g/mol. The van der Waals surface area contributed by atoms with Gasteiger partial charge in [0, 0.05) is 12.4 Å². The van der Waals surface area contributed by atoms with Gasteiger partial charge in [-0.15, -0.1) is 0 Å². The third kappa shape index (κ3) is 2.72. The number of aliphatic carboxylic acids is 1. The van der Waals surface area contributed by atoms with Gasteiger partial charge < -0.3 is 9.67 Å². The number of rotatable bonds is 4. The predicted molar refractivity (Wildman–Crippen MR) is 78.7 cm³/mol. The van der Waals surface area contributed by atoms with E-state index < -0.39 is 5.97 Å². The quantitative estimate of drug-likeness (QED) is 0.800. The van der Waals surface area contributed by atoms with Crippen LogP contribution in [0, 0.1) is 0 Å². The summed E-state index contributed by atoms with van der Waals surface area (Å²) in [6.07, 6.45) is 3.43. The number of benzene rings is 1. The fourth-order valence-corrected chi connectivity index (χ4v) is 2.46. The Morgan fingerprint density at radius 1 is 1.29 bits per heavy atom. The molecule has 0 saturated heterocycles. The Morgan fingerprint density at radius 3 is 2.71 bits per heavy atom. The Balaban J connectivity index is 2.15. The highest BCUT2D eigenvalue weighted by Crippen LogP contribution is 2.28. The van der Waals surface area contributed by atoms with E-state index in [-0.39, 0.29) is 6.54 Å². The zero-order valence-electron chi connectivity index (χ0n) is 10.7. The van der Waals surface area contributed by atoms with Crippen LogP contribution in [0.25, 0.3) is 11.0 Å². The molecule has 0 saturated carbocycles. The van der Waals surface area contributed by atoms with Gasteiger partial charge in [-0.25, -0.2) is 4.98 Å². The van der Waals surface area contributed by atoms with Crippen molar-refractivity contribution in [1.29, 1.82) is 0 Å². The van der Waals surface area contributed by atoms with Crippen LogP contribution < -0.4 is 0 Å². The van der Waals surface area contributed by atoms with Gasteiger partial charge in [-0.05, 0) is 18.2 Å². The predicted octanol–water partition coefficient (Wildman–Crippen LogP) is 2.67. The van der Waals surface area contributed by atoms with Crippen LogP contribution >= 0.6 is 23.2 Å². The zero-order chi connectivity index (χ0) is 15.0. The van der Waals surface area contributed by atoms with Crippen molar-refractivity contribution in [3.05, 3.63) is 46.5 Å². The Kier molecular flexibility index (Phi) is 3.57. The molecule has 0 fully saturated rings. The van der Waals surface area contributed by atoms with Gasteiger partial charge in [0.1, 0.15) is 12.4 Å². The Labute approximate surface area is 129 Å². The lowest BCUT2D eigenvalue weighted by Crippen LogP contribution is -2.14. The Morgan fingerprint density at radius 2 is 2.05 bits per heavy atom. The number of nitrogens with zero attached hydrogens (tertiary/aromatic N) is 4. The molecule has 0 atom stereocenters. The average Bonchev–Trinajstić information content (AvgIpc) is 3.01. The third-order valence-corrected chi connectivity index (χ3v) is 3.75. The first-order valence-electron chi connectivity index (χ1n) is 6.08. The van der Waals surface area contributed by atoms with Crippen LogP contribution in [0.5, 0.6) is 0 Å². The Bertz CT molecular complexity index is 811. The Hall–Kier alpha value is -2.05. The molecular weight excluding hydrogens is 315 g/mol. The van der Waals surface area contributed by atoms with Gasteiger partial charge in [0.25, 0.3) is 0 Å². The lowest BCUT2D eigenvalue weighted by molar-refractivity contribution is -0.137. The molecule has 0 radical (unpaired) electrons. The van der Waals surface area contributed by atoms with E-state index >= 15 is 0 Å². The first-order chi connectivity index (χ1) is 10.0. The standard InChI is InChI=1S/C13H10Cl2N4O2/c14-8-4-10-11(5-9(8)15)19(7-13(20)21)12(17-10)6-18-3-1-2-16-18/h1-5H,6-7H2,(H,20,21). The highest BCUT2D eigenvalue weighted by molar-refractivity contribution is 6.42. The first-order valence-corrected chi connectivity index (χ1v) is 6.83. The molecule has 0 aliphatic heterocycles. The molecule has 0 aliphatic rings. The summed E-state index contributed by atoms with van der Waals surface area (Å²) >= 11 is 12.0. The number of hydrogen-bond acceptors (Lipinski definition) is 3. The summed E-state index contributed by atoms with van der Waals surface area (Å²) in [6.45, 7) is 0.162. The molecule has 1 N–H and O–H groups in total.